The first-order valence-corrected chi connectivity index (χ1v) is 12.5. The third-order valence-corrected chi connectivity index (χ3v) is 8.37. The Morgan fingerprint density at radius 2 is 1.66 bits per heavy atom. The molecule has 1 atom stereocenters. The lowest BCUT2D eigenvalue weighted by Crippen LogP contribution is -2.43. The Labute approximate surface area is 175 Å². The number of carbonyl (C=O) groups excluding carboxylic acids is 1. The third-order valence-electron chi connectivity index (χ3n) is 6.48. The van der Waals surface area contributed by atoms with E-state index in [0.717, 1.165) is 24.6 Å². The average molecular weight is 422 g/mol. The number of hydrogen-bond acceptors (Lipinski definition) is 4. The molecule has 0 bridgehead atoms. The highest BCUT2D eigenvalue weighted by molar-refractivity contribution is 7.89. The predicted molar refractivity (Wildman–Crippen MR) is 117 cm³/mol. The average Bonchev–Trinajstić information content (AvgIpc) is 2.74. The highest BCUT2D eigenvalue weighted by Gasteiger charge is 2.30. The van der Waals surface area contributed by atoms with Crippen LogP contribution in [-0.4, -0.2) is 50.6 Å². The molecule has 1 N–H and O–H groups in total. The topological polar surface area (TPSA) is 69.7 Å². The lowest BCUT2D eigenvalue weighted by molar-refractivity contribution is -0.126. The van der Waals surface area contributed by atoms with E-state index in [1.54, 1.807) is 6.92 Å². The summed E-state index contributed by atoms with van der Waals surface area (Å²) in [5, 5.41) is 3.12. The molecule has 162 valence electrons. The lowest BCUT2D eigenvalue weighted by Gasteiger charge is -2.32. The summed E-state index contributed by atoms with van der Waals surface area (Å²) in [5.41, 5.74) is 2.35. The molecule has 29 heavy (non-hydrogen) atoms. The SMILES string of the molecule is CCS(=O)(=O)N1CCC(C(=O)N[C@H](C)c2ccc(N3CCC(C)CC3)cc2)CC1. The fourth-order valence-electron chi connectivity index (χ4n) is 4.23. The van der Waals surface area contributed by atoms with E-state index in [9.17, 15) is 13.2 Å². The van der Waals surface area contributed by atoms with Crippen molar-refractivity contribution in [1.29, 1.82) is 0 Å². The Kier molecular flexibility index (Phi) is 7.22. The maximum absolute atomic E-state index is 12.7. The molecule has 0 spiro atoms. The number of benzene rings is 1. The number of amides is 1. The van der Waals surface area contributed by atoms with E-state index in [0.29, 0.717) is 25.9 Å². The van der Waals surface area contributed by atoms with Crippen LogP contribution < -0.4 is 10.2 Å². The van der Waals surface area contributed by atoms with Crippen LogP contribution in [0.15, 0.2) is 24.3 Å². The molecule has 0 saturated carbocycles. The third kappa shape index (κ3) is 5.51. The molecule has 0 aliphatic carbocycles. The number of hydrogen-bond donors (Lipinski definition) is 1. The van der Waals surface area contributed by atoms with E-state index in [1.807, 2.05) is 6.92 Å². The van der Waals surface area contributed by atoms with Gasteiger partial charge in [0, 0.05) is 37.8 Å². The van der Waals surface area contributed by atoms with E-state index in [2.05, 4.69) is 41.4 Å². The first-order chi connectivity index (χ1) is 13.8. The number of rotatable bonds is 6. The number of nitrogens with zero attached hydrogens (tertiary/aromatic N) is 2. The first-order valence-electron chi connectivity index (χ1n) is 10.9. The van der Waals surface area contributed by atoms with E-state index >= 15 is 0 Å². The van der Waals surface area contributed by atoms with Gasteiger partial charge in [-0.15, -0.1) is 0 Å². The van der Waals surface area contributed by atoms with Crippen LogP contribution in [0, 0.1) is 11.8 Å². The molecule has 7 heteroatoms. The van der Waals surface area contributed by atoms with Crippen LogP contribution >= 0.6 is 0 Å². The summed E-state index contributed by atoms with van der Waals surface area (Å²) in [7, 11) is -3.16. The molecule has 1 aromatic rings. The van der Waals surface area contributed by atoms with Crippen molar-refractivity contribution in [2.45, 2.75) is 52.5 Å². The van der Waals surface area contributed by atoms with E-state index in [1.165, 1.54) is 22.8 Å². The van der Waals surface area contributed by atoms with Crippen LogP contribution in [0.25, 0.3) is 0 Å². The number of piperidine rings is 2. The quantitative estimate of drug-likeness (QED) is 0.766. The number of carbonyl (C=O) groups is 1. The Balaban J connectivity index is 1.51. The standard InChI is InChI=1S/C22H35N3O3S/c1-4-29(27,28)25-15-11-20(12-16-25)22(26)23-18(3)19-5-7-21(8-6-19)24-13-9-17(2)10-14-24/h5-8,17-18,20H,4,9-16H2,1-3H3,(H,23,26)/t18-/m1/s1. The van der Waals surface area contributed by atoms with Crippen molar-refractivity contribution < 1.29 is 13.2 Å². The molecule has 3 rings (SSSR count). The summed E-state index contributed by atoms with van der Waals surface area (Å²) in [6, 6.07) is 8.46. The second kappa shape index (κ2) is 9.47. The minimum atomic E-state index is -3.16. The van der Waals surface area contributed by atoms with Crippen LogP contribution in [0.3, 0.4) is 0 Å². The van der Waals surface area contributed by atoms with Gasteiger partial charge in [0.05, 0.1) is 11.8 Å². The van der Waals surface area contributed by atoms with E-state index < -0.39 is 10.0 Å². The Morgan fingerprint density at radius 3 is 2.21 bits per heavy atom. The maximum Gasteiger partial charge on any atom is 0.223 e. The van der Waals surface area contributed by atoms with Crippen molar-refractivity contribution in [2.24, 2.45) is 11.8 Å². The van der Waals surface area contributed by atoms with Gasteiger partial charge >= 0.3 is 0 Å². The first kappa shape index (κ1) is 22.1. The minimum absolute atomic E-state index is 0.0279. The van der Waals surface area contributed by atoms with E-state index in [4.69, 9.17) is 0 Å². The molecule has 6 nitrogen and oxygen atoms in total. The summed E-state index contributed by atoms with van der Waals surface area (Å²) in [5.74, 6) is 0.845. The molecular formula is C22H35N3O3S. The van der Waals surface area contributed by atoms with Crippen LogP contribution in [-0.2, 0) is 14.8 Å². The summed E-state index contributed by atoms with van der Waals surface area (Å²) < 4.78 is 25.5. The lowest BCUT2D eigenvalue weighted by atomic mass is 9.96. The molecule has 1 amide bonds. The second-order valence-electron chi connectivity index (χ2n) is 8.57. The van der Waals surface area contributed by atoms with Gasteiger partial charge in [-0.2, -0.15) is 0 Å². The van der Waals surface area contributed by atoms with Gasteiger partial charge in [-0.25, -0.2) is 12.7 Å². The normalized spacial score (nSPS) is 21.1. The molecule has 2 heterocycles. The molecule has 2 saturated heterocycles. The molecule has 0 radical (unpaired) electrons. The summed E-state index contributed by atoms with van der Waals surface area (Å²) in [6.07, 6.45) is 3.66. The van der Waals surface area contributed by atoms with Gasteiger partial charge in [0.2, 0.25) is 15.9 Å². The van der Waals surface area contributed by atoms with Crippen LogP contribution in [0.2, 0.25) is 0 Å². The van der Waals surface area contributed by atoms with Gasteiger partial charge in [-0.3, -0.25) is 4.79 Å². The second-order valence-corrected chi connectivity index (χ2v) is 10.8. The summed E-state index contributed by atoms with van der Waals surface area (Å²) >= 11 is 0. The predicted octanol–water partition coefficient (Wildman–Crippen LogP) is 3.16. The molecule has 0 aromatic heterocycles. The van der Waals surface area contributed by atoms with Gasteiger partial charge in [0.25, 0.3) is 0 Å². The van der Waals surface area contributed by atoms with Crippen molar-refractivity contribution in [2.75, 3.05) is 36.8 Å². The Hall–Kier alpha value is -1.60. The van der Waals surface area contributed by atoms with Crippen molar-refractivity contribution in [3.05, 3.63) is 29.8 Å². The van der Waals surface area contributed by atoms with Crippen molar-refractivity contribution in [3.63, 3.8) is 0 Å². The molecule has 2 fully saturated rings. The molecule has 1 aromatic carbocycles. The fraction of sp³-hybridized carbons (Fsp3) is 0.682. The van der Waals surface area contributed by atoms with Gasteiger partial charge in [0.15, 0.2) is 0 Å². The number of anilines is 1. The number of sulfonamides is 1. The Bertz CT molecular complexity index is 778. The van der Waals surface area contributed by atoms with Crippen LogP contribution in [0.1, 0.15) is 58.1 Å². The molecule has 2 aliphatic rings. The van der Waals surface area contributed by atoms with Crippen LogP contribution in [0.5, 0.6) is 0 Å². The van der Waals surface area contributed by atoms with Gasteiger partial charge in [-0.1, -0.05) is 19.1 Å². The molecule has 0 unspecified atom stereocenters. The zero-order valence-electron chi connectivity index (χ0n) is 17.9. The number of nitrogens with one attached hydrogen (secondary N) is 1. The largest absolute Gasteiger partial charge is 0.372 e. The fourth-order valence-corrected chi connectivity index (χ4v) is 5.37. The zero-order chi connectivity index (χ0) is 21.0. The smallest absolute Gasteiger partial charge is 0.223 e. The van der Waals surface area contributed by atoms with Crippen molar-refractivity contribution in [3.8, 4) is 0 Å². The summed E-state index contributed by atoms with van der Waals surface area (Å²) in [4.78, 5) is 15.1. The highest BCUT2D eigenvalue weighted by Crippen LogP contribution is 2.25. The van der Waals surface area contributed by atoms with Gasteiger partial charge < -0.3 is 10.2 Å². The Morgan fingerprint density at radius 1 is 1.07 bits per heavy atom. The monoisotopic (exact) mass is 421 g/mol. The summed E-state index contributed by atoms with van der Waals surface area (Å²) in [6.45, 7) is 9.08. The van der Waals surface area contributed by atoms with Crippen molar-refractivity contribution in [1.82, 2.24) is 9.62 Å². The molecular weight excluding hydrogens is 386 g/mol. The van der Waals surface area contributed by atoms with Gasteiger partial charge in [-0.05, 0) is 63.1 Å². The van der Waals surface area contributed by atoms with E-state index in [-0.39, 0.29) is 23.6 Å². The highest BCUT2D eigenvalue weighted by atomic mass is 32.2. The molecule has 2 aliphatic heterocycles. The maximum atomic E-state index is 12.7. The van der Waals surface area contributed by atoms with Crippen LogP contribution in [0.4, 0.5) is 5.69 Å². The van der Waals surface area contributed by atoms with Gasteiger partial charge in [0.1, 0.15) is 0 Å². The van der Waals surface area contributed by atoms with Crippen molar-refractivity contribution >= 4 is 21.6 Å². The minimum Gasteiger partial charge on any atom is -0.372 e. The zero-order valence-corrected chi connectivity index (χ0v) is 18.7.